The molecule has 0 rings (SSSR count). The summed E-state index contributed by atoms with van der Waals surface area (Å²) in [5.41, 5.74) is 0. The first-order chi connectivity index (χ1) is 6.23. The van der Waals surface area contributed by atoms with E-state index >= 15 is 0 Å². The summed E-state index contributed by atoms with van der Waals surface area (Å²) in [6, 6.07) is 0. The maximum atomic E-state index is 10.6. The molecule has 0 spiro atoms. The van der Waals surface area contributed by atoms with Gasteiger partial charge in [0, 0.05) is 6.42 Å². The van der Waals surface area contributed by atoms with E-state index in [1.165, 1.54) is 0 Å². The third-order valence-corrected chi connectivity index (χ3v) is 2.75. The number of aliphatic carboxylic acids is 2. The van der Waals surface area contributed by atoms with E-state index < -0.39 is 46.6 Å². The molecule has 0 heterocycles. The molecule has 0 saturated heterocycles. The van der Waals surface area contributed by atoms with Crippen molar-refractivity contribution in [2.45, 2.75) is 24.5 Å². The van der Waals surface area contributed by atoms with Crippen LogP contribution >= 0.6 is 0 Å². The molecule has 7 nitrogen and oxygen atoms in total. The zero-order valence-corrected chi connectivity index (χ0v) is 7.90. The van der Waals surface area contributed by atoms with E-state index in [0.717, 1.165) is 0 Å². The Morgan fingerprint density at radius 3 is 1.87 bits per heavy atom. The van der Waals surface area contributed by atoms with Gasteiger partial charge in [-0.15, -0.1) is 0 Å². The molecule has 1 atom stereocenters. The molecule has 84 valence electrons. The second kappa shape index (κ2) is 8.06. The third kappa shape index (κ3) is 9.81. The van der Waals surface area contributed by atoms with Crippen molar-refractivity contribution < 1.29 is 32.8 Å². The minimum absolute atomic E-state index is 0. The van der Waals surface area contributed by atoms with Crippen molar-refractivity contribution in [3.63, 3.8) is 0 Å². The van der Waals surface area contributed by atoms with E-state index in [1.54, 1.807) is 0 Å². The van der Waals surface area contributed by atoms with Crippen LogP contribution in [0.3, 0.4) is 0 Å². The van der Waals surface area contributed by atoms with Crippen LogP contribution in [0.4, 0.5) is 0 Å². The van der Waals surface area contributed by atoms with Gasteiger partial charge in [-0.25, -0.2) is 0 Å². The van der Waals surface area contributed by atoms with Gasteiger partial charge in [-0.05, 0) is 6.42 Å². The predicted octanol–water partition coefficient (Wildman–Crippen LogP) is -1.07. The zero-order valence-electron chi connectivity index (χ0n) is 7.08. The standard InChI is InChI=1S/C6H10O7S.Cs.H/c7-5(8)2-1-4(3-6(9)10)14(11,12)13;;/h4H,1-3H2,(H,7,8)(H,9,10)(H,11,12,13);;. The molecule has 0 aliphatic rings. The van der Waals surface area contributed by atoms with E-state index in [-0.39, 0.29) is 68.9 Å². The summed E-state index contributed by atoms with van der Waals surface area (Å²) in [6.07, 6.45) is -1.72. The summed E-state index contributed by atoms with van der Waals surface area (Å²) in [7, 11) is -4.50. The summed E-state index contributed by atoms with van der Waals surface area (Å²) in [4.78, 5) is 20.3. The molecule has 0 saturated carbocycles. The topological polar surface area (TPSA) is 129 Å². The van der Waals surface area contributed by atoms with E-state index in [1.807, 2.05) is 0 Å². The van der Waals surface area contributed by atoms with Crippen molar-refractivity contribution in [2.75, 3.05) is 0 Å². The van der Waals surface area contributed by atoms with Crippen LogP contribution in [0.1, 0.15) is 19.3 Å². The Kier molecular flexibility index (Phi) is 9.82. The third-order valence-electron chi connectivity index (χ3n) is 1.50. The summed E-state index contributed by atoms with van der Waals surface area (Å²) in [5, 5.41) is 15.0. The molecule has 0 fully saturated rings. The molecule has 0 aromatic rings. The summed E-state index contributed by atoms with van der Waals surface area (Å²) < 4.78 is 29.7. The molecule has 0 aliphatic carbocycles. The molecule has 0 aromatic carbocycles. The van der Waals surface area contributed by atoms with Gasteiger partial charge >= 0.3 is 80.8 Å². The van der Waals surface area contributed by atoms with E-state index in [2.05, 4.69) is 0 Å². The summed E-state index contributed by atoms with van der Waals surface area (Å²) in [6.45, 7) is 0. The van der Waals surface area contributed by atoms with Crippen LogP contribution in [-0.4, -0.2) is 109 Å². The van der Waals surface area contributed by atoms with Crippen LogP contribution < -0.4 is 0 Å². The van der Waals surface area contributed by atoms with Gasteiger partial charge in [-0.1, -0.05) is 0 Å². The van der Waals surface area contributed by atoms with Crippen LogP contribution in [0.15, 0.2) is 0 Å². The van der Waals surface area contributed by atoms with Gasteiger partial charge in [-0.2, -0.15) is 8.42 Å². The van der Waals surface area contributed by atoms with E-state index in [0.29, 0.717) is 0 Å². The average Bonchev–Trinajstić information content (AvgIpc) is 1.94. The molecule has 1 unspecified atom stereocenters. The van der Waals surface area contributed by atoms with Crippen molar-refractivity contribution in [1.29, 1.82) is 0 Å². The number of hydrogen-bond donors (Lipinski definition) is 3. The number of hydrogen-bond acceptors (Lipinski definition) is 4. The van der Waals surface area contributed by atoms with Gasteiger partial charge in [-0.3, -0.25) is 14.1 Å². The Morgan fingerprint density at radius 2 is 1.60 bits per heavy atom. The minimum atomic E-state index is -4.50. The van der Waals surface area contributed by atoms with Gasteiger partial charge in [0.15, 0.2) is 0 Å². The number of carboxylic acids is 2. The molecule has 15 heavy (non-hydrogen) atoms. The van der Waals surface area contributed by atoms with Crippen LogP contribution in [0, 0.1) is 0 Å². The molecule has 0 aromatic heterocycles. The van der Waals surface area contributed by atoms with E-state index in [4.69, 9.17) is 14.8 Å². The van der Waals surface area contributed by atoms with Gasteiger partial charge in [0.2, 0.25) is 0 Å². The maximum absolute atomic E-state index is 10.6. The zero-order chi connectivity index (χ0) is 11.4. The molecule has 0 aliphatic heterocycles. The first-order valence-corrected chi connectivity index (χ1v) is 5.13. The molecule has 9 heteroatoms. The molecular weight excluding hydrogens is 349 g/mol. The first kappa shape index (κ1) is 18.3. The van der Waals surface area contributed by atoms with Crippen molar-refractivity contribution >= 4 is 91.0 Å². The van der Waals surface area contributed by atoms with Crippen molar-refractivity contribution in [3.8, 4) is 0 Å². The summed E-state index contributed by atoms with van der Waals surface area (Å²) in [5.74, 6) is -2.65. The first-order valence-electron chi connectivity index (χ1n) is 3.63. The Morgan fingerprint density at radius 1 is 1.13 bits per heavy atom. The van der Waals surface area contributed by atoms with Crippen LogP contribution in [0.25, 0.3) is 0 Å². The molecule has 0 amide bonds. The Labute approximate surface area is 145 Å². The fourth-order valence-electron chi connectivity index (χ4n) is 0.836. The van der Waals surface area contributed by atoms with Crippen LogP contribution in [-0.2, 0) is 19.7 Å². The fraction of sp³-hybridized carbons (Fsp3) is 0.667. The monoisotopic (exact) mass is 360 g/mol. The van der Waals surface area contributed by atoms with Gasteiger partial charge < -0.3 is 10.2 Å². The van der Waals surface area contributed by atoms with Crippen LogP contribution in [0.5, 0.6) is 0 Å². The number of carboxylic acid groups (broad SMARTS) is 2. The second-order valence-corrected chi connectivity index (χ2v) is 4.36. The molecule has 0 radical (unpaired) electrons. The quantitative estimate of drug-likeness (QED) is 0.515. The van der Waals surface area contributed by atoms with Gasteiger partial charge in [0.1, 0.15) is 0 Å². The average molecular weight is 360 g/mol. The number of rotatable bonds is 6. The Bertz CT molecular complexity index is 322. The normalized spacial score (nSPS) is 12.6. The Hall–Kier alpha value is 0.902. The predicted molar refractivity (Wildman–Crippen MR) is 51.6 cm³/mol. The van der Waals surface area contributed by atoms with Crippen molar-refractivity contribution in [3.05, 3.63) is 0 Å². The van der Waals surface area contributed by atoms with Gasteiger partial charge in [0.05, 0.1) is 11.7 Å². The summed E-state index contributed by atoms with van der Waals surface area (Å²) >= 11 is 0. The molecule has 3 N–H and O–H groups in total. The second-order valence-electron chi connectivity index (χ2n) is 2.67. The van der Waals surface area contributed by atoms with Crippen LogP contribution in [0.2, 0.25) is 0 Å². The number of carbonyl (C=O) groups is 2. The van der Waals surface area contributed by atoms with Crippen molar-refractivity contribution in [1.82, 2.24) is 0 Å². The molecule has 0 bridgehead atoms. The Balaban J connectivity index is 0. The molecular formula is C6H11CsO7S. The van der Waals surface area contributed by atoms with Gasteiger partial charge in [0.25, 0.3) is 10.1 Å². The van der Waals surface area contributed by atoms with E-state index in [9.17, 15) is 18.0 Å². The van der Waals surface area contributed by atoms with Crippen molar-refractivity contribution in [2.24, 2.45) is 0 Å². The fourth-order valence-corrected chi connectivity index (χ4v) is 1.60. The SMILES string of the molecule is O=C(O)CCC(CC(=O)O)S(=O)(=O)O.[CsH].